The Morgan fingerprint density at radius 1 is 1.33 bits per heavy atom. The van der Waals surface area contributed by atoms with Crippen LogP contribution in [0.4, 0.5) is 8.78 Å². The maximum atomic E-state index is 13.0. The molecule has 3 heterocycles. The Morgan fingerprint density at radius 3 is 2.82 bits per heavy atom. The van der Waals surface area contributed by atoms with Crippen LogP contribution in [-0.2, 0) is 24.3 Å². The number of aryl methyl sites for hydroxylation is 1. The van der Waals surface area contributed by atoms with E-state index in [1.807, 2.05) is 19.2 Å². The fourth-order valence-electron chi connectivity index (χ4n) is 4.60. The molecule has 2 aliphatic rings. The lowest BCUT2D eigenvalue weighted by Crippen LogP contribution is -2.40. The molecule has 182 valence electrons. The van der Waals surface area contributed by atoms with E-state index in [4.69, 9.17) is 4.74 Å². The molecule has 1 saturated carbocycles. The van der Waals surface area contributed by atoms with Crippen molar-refractivity contribution in [3.63, 3.8) is 0 Å². The van der Waals surface area contributed by atoms with Crippen molar-refractivity contribution in [2.75, 3.05) is 19.7 Å². The van der Waals surface area contributed by atoms with E-state index in [0.29, 0.717) is 11.1 Å². The number of carbonyl (C=O) groups is 1. The lowest BCUT2D eigenvalue weighted by Gasteiger charge is -2.32. The first-order valence-corrected chi connectivity index (χ1v) is 12.6. The van der Waals surface area contributed by atoms with Crippen molar-refractivity contribution < 1.29 is 18.3 Å². The molecule has 1 N–H and O–H groups in total. The van der Waals surface area contributed by atoms with Gasteiger partial charge in [-0.25, -0.2) is 13.8 Å². The molecule has 0 saturated heterocycles. The molecule has 2 aromatic heterocycles. The highest BCUT2D eigenvalue weighted by atomic mass is 32.1. The number of thiazole rings is 1. The van der Waals surface area contributed by atoms with E-state index >= 15 is 0 Å². The first-order valence-electron chi connectivity index (χ1n) is 11.7. The molecule has 0 radical (unpaired) electrons. The summed E-state index contributed by atoms with van der Waals surface area (Å²) in [6.45, 7) is 5.15. The van der Waals surface area contributed by atoms with Crippen LogP contribution in [0.25, 0.3) is 0 Å². The molecule has 7 nitrogen and oxygen atoms in total. The summed E-state index contributed by atoms with van der Waals surface area (Å²) in [5.74, 6) is -2.15. The number of alkyl halides is 2. The number of nitrogens with one attached hydrogen (secondary N) is 1. The summed E-state index contributed by atoms with van der Waals surface area (Å²) in [6, 6.07) is 2.16. The predicted octanol–water partition coefficient (Wildman–Crippen LogP) is 3.81. The molecule has 4 rings (SSSR count). The topological polar surface area (TPSA) is 72.3 Å². The van der Waals surface area contributed by atoms with E-state index in [1.165, 1.54) is 11.3 Å². The van der Waals surface area contributed by atoms with E-state index in [-0.39, 0.29) is 18.5 Å². The number of hydrogen-bond acceptors (Lipinski definition) is 6. The summed E-state index contributed by atoms with van der Waals surface area (Å²) in [5, 5.41) is 7.78. The van der Waals surface area contributed by atoms with Crippen LogP contribution in [0.5, 0.6) is 5.19 Å². The van der Waals surface area contributed by atoms with Crippen LogP contribution in [0.1, 0.15) is 55.3 Å². The zero-order valence-corrected chi connectivity index (χ0v) is 20.2. The largest absolute Gasteiger partial charge is 0.464 e. The Balaban J connectivity index is 1.15. The van der Waals surface area contributed by atoms with E-state index in [1.54, 1.807) is 4.68 Å². The Kier molecular flexibility index (Phi) is 7.63. The van der Waals surface area contributed by atoms with Gasteiger partial charge in [-0.2, -0.15) is 5.10 Å². The smallest absolute Gasteiger partial charge is 0.278 e. The van der Waals surface area contributed by atoms with Gasteiger partial charge in [-0.15, -0.1) is 0 Å². The summed E-state index contributed by atoms with van der Waals surface area (Å²) in [5.41, 5.74) is 1.89. The second-order valence-corrected chi connectivity index (χ2v) is 10.5. The molecule has 0 bridgehead atoms. The Morgan fingerprint density at radius 2 is 2.12 bits per heavy atom. The average molecular weight is 482 g/mol. The van der Waals surface area contributed by atoms with Gasteiger partial charge in [-0.05, 0) is 64.0 Å². The van der Waals surface area contributed by atoms with E-state index < -0.39 is 12.5 Å². The molecule has 0 unspecified atom stereocenters. The van der Waals surface area contributed by atoms with Gasteiger partial charge in [0.1, 0.15) is 6.54 Å². The molecule has 1 aliphatic heterocycles. The highest BCUT2D eigenvalue weighted by Gasteiger charge is 2.27. The molecule has 0 atom stereocenters. The minimum Gasteiger partial charge on any atom is -0.464 e. The third kappa shape index (κ3) is 7.20. The Hall–Kier alpha value is -2.07. The third-order valence-corrected chi connectivity index (χ3v) is 7.45. The monoisotopic (exact) mass is 481 g/mol. The lowest BCUT2D eigenvalue weighted by molar-refractivity contribution is -0.122. The van der Waals surface area contributed by atoms with Gasteiger partial charge in [0, 0.05) is 37.1 Å². The van der Waals surface area contributed by atoms with Gasteiger partial charge in [0.15, 0.2) is 6.61 Å². The third-order valence-electron chi connectivity index (χ3n) is 6.38. The van der Waals surface area contributed by atoms with Crippen molar-refractivity contribution in [2.24, 2.45) is 5.92 Å². The van der Waals surface area contributed by atoms with E-state index in [9.17, 15) is 13.6 Å². The molecule has 33 heavy (non-hydrogen) atoms. The van der Waals surface area contributed by atoms with E-state index in [2.05, 4.69) is 20.3 Å². The van der Waals surface area contributed by atoms with Gasteiger partial charge in [0.05, 0.1) is 11.4 Å². The van der Waals surface area contributed by atoms with Crippen molar-refractivity contribution >= 4 is 17.2 Å². The summed E-state index contributed by atoms with van der Waals surface area (Å²) in [7, 11) is 0. The molecule has 0 spiro atoms. The van der Waals surface area contributed by atoms with Gasteiger partial charge in [-0.1, -0.05) is 11.3 Å². The fraction of sp³-hybridized carbons (Fsp3) is 0.696. The first-order chi connectivity index (χ1) is 15.7. The Labute approximate surface area is 197 Å². The van der Waals surface area contributed by atoms with Crippen molar-refractivity contribution in [1.82, 2.24) is 25.0 Å². The molecular formula is C23H33F2N5O2S. The van der Waals surface area contributed by atoms with Crippen molar-refractivity contribution in [1.29, 1.82) is 0 Å². The maximum Gasteiger partial charge on any atom is 0.278 e. The zero-order chi connectivity index (χ0) is 23.4. The molecule has 2 aromatic rings. The van der Waals surface area contributed by atoms with Crippen molar-refractivity contribution in [2.45, 2.75) is 77.4 Å². The van der Waals surface area contributed by atoms with Crippen LogP contribution in [0, 0.1) is 12.8 Å². The van der Waals surface area contributed by atoms with Crippen molar-refractivity contribution in [3.05, 3.63) is 28.5 Å². The second kappa shape index (κ2) is 10.5. The van der Waals surface area contributed by atoms with Gasteiger partial charge in [0.2, 0.25) is 5.91 Å². The van der Waals surface area contributed by atoms with Crippen LogP contribution >= 0.6 is 11.3 Å². The number of hydrogen-bond donors (Lipinski definition) is 1. The van der Waals surface area contributed by atoms with Crippen LogP contribution in [0.2, 0.25) is 0 Å². The highest BCUT2D eigenvalue weighted by Crippen LogP contribution is 2.32. The minimum atomic E-state index is -2.85. The number of aromatic nitrogens is 3. The highest BCUT2D eigenvalue weighted by molar-refractivity contribution is 7.13. The number of nitrogens with zero attached hydrogens (tertiary/aromatic N) is 4. The second-order valence-electron chi connectivity index (χ2n) is 9.46. The number of carbonyl (C=O) groups excluding carboxylic acids is 1. The quantitative estimate of drug-likeness (QED) is 0.590. The molecular weight excluding hydrogens is 448 g/mol. The van der Waals surface area contributed by atoms with Crippen LogP contribution in [0.15, 0.2) is 12.3 Å². The minimum absolute atomic E-state index is 0.0277. The average Bonchev–Trinajstić information content (AvgIpc) is 3.36. The van der Waals surface area contributed by atoms with Gasteiger partial charge < -0.3 is 10.1 Å². The van der Waals surface area contributed by atoms with Crippen LogP contribution < -0.4 is 10.1 Å². The number of halogens is 2. The Bertz CT molecular complexity index is 934. The first kappa shape index (κ1) is 24.1. The molecule has 0 aromatic carbocycles. The zero-order valence-electron chi connectivity index (χ0n) is 19.4. The normalized spacial score (nSPS) is 21.6. The van der Waals surface area contributed by atoms with Gasteiger partial charge >= 0.3 is 0 Å². The van der Waals surface area contributed by atoms with Crippen LogP contribution in [0.3, 0.4) is 0 Å². The molecule has 1 fully saturated rings. The predicted molar refractivity (Wildman–Crippen MR) is 123 cm³/mol. The van der Waals surface area contributed by atoms with Gasteiger partial charge in [-0.3, -0.25) is 14.4 Å². The van der Waals surface area contributed by atoms with E-state index in [0.717, 1.165) is 81.3 Å². The lowest BCUT2D eigenvalue weighted by atomic mass is 9.84. The number of fused-ring (bicyclic) bond motifs is 1. The number of ether oxygens (including phenoxy) is 1. The van der Waals surface area contributed by atoms with Crippen LogP contribution in [-0.4, -0.2) is 57.2 Å². The molecule has 10 heteroatoms. The fourth-order valence-corrected chi connectivity index (χ4v) is 5.51. The maximum absolute atomic E-state index is 13.0. The van der Waals surface area contributed by atoms with Gasteiger partial charge in [0.25, 0.3) is 11.1 Å². The number of amides is 1. The summed E-state index contributed by atoms with van der Waals surface area (Å²) < 4.78 is 32.9. The van der Waals surface area contributed by atoms with Crippen molar-refractivity contribution in [3.8, 4) is 5.19 Å². The standard InChI is InChI=1S/C23H33F2N5O2S/c1-16-7-12-30(28-16)14-21(31)26-18-5-3-17(4-6-18)8-10-29-11-9-20-19(13-29)27-22(33-20)32-15-23(2,24)25/h7,12,17-18H,3-6,8-11,13-15H2,1-2H3,(H,26,31). The summed E-state index contributed by atoms with van der Waals surface area (Å²) in [6.07, 6.45) is 8.17. The number of rotatable bonds is 9. The summed E-state index contributed by atoms with van der Waals surface area (Å²) in [4.78, 5) is 20.3. The SMILES string of the molecule is Cc1ccn(CC(=O)NC2CCC(CCN3CCc4sc(OCC(C)(F)F)nc4C3)CC2)n1. The molecule has 1 amide bonds. The summed E-state index contributed by atoms with van der Waals surface area (Å²) >= 11 is 1.40. The molecule has 1 aliphatic carbocycles.